The Morgan fingerprint density at radius 3 is 2.27 bits per heavy atom. The summed E-state index contributed by atoms with van der Waals surface area (Å²) in [5.41, 5.74) is 1.56. The lowest BCUT2D eigenvalue weighted by atomic mass is 9.81. The van der Waals surface area contributed by atoms with E-state index in [0.29, 0.717) is 55.3 Å². The summed E-state index contributed by atoms with van der Waals surface area (Å²) in [7, 11) is 1.56. The van der Waals surface area contributed by atoms with Crippen molar-refractivity contribution in [3.63, 3.8) is 0 Å². The zero-order valence-electron chi connectivity index (χ0n) is 25.4. The van der Waals surface area contributed by atoms with Crippen molar-refractivity contribution >= 4 is 45.5 Å². The molecule has 5 amide bonds. The molecule has 0 saturated carbocycles. The molecule has 236 valence electrons. The Morgan fingerprint density at radius 2 is 1.62 bits per heavy atom. The number of halogens is 1. The number of likely N-dealkylation sites (N-methyl/N-ethyl adjacent to an activating group) is 1. The summed E-state index contributed by atoms with van der Waals surface area (Å²) in [5.74, 6) is -1.06. The number of rotatable bonds is 11. The molecule has 1 fully saturated rings. The standard InChI is InChI=1S/C35H39BrN4O5/c1-37-32(42)30(24-14-6-3-7-15-24)39-21-19-25(23-12-4-2-5-13-23)22-29(35(39)45)38-31(41)28(36)18-10-11-20-40-33(43)26-16-8-9-17-27(26)34(40)44/h2-9,12,14-17,23,25,28-30H,10-11,13,18-22H2,1H3,(H,37,42)(H,38,41)/t23?,25-,28?,29+,30?/m1/s1. The van der Waals surface area contributed by atoms with Crippen molar-refractivity contribution in [1.82, 2.24) is 20.4 Å². The zero-order chi connectivity index (χ0) is 31.9. The Kier molecular flexibility index (Phi) is 10.7. The number of allylic oxidation sites excluding steroid dienone is 4. The minimum absolute atomic E-state index is 0.139. The fourth-order valence-electron chi connectivity index (χ4n) is 6.53. The second kappa shape index (κ2) is 14.8. The van der Waals surface area contributed by atoms with Crippen molar-refractivity contribution in [2.75, 3.05) is 20.1 Å². The van der Waals surface area contributed by atoms with E-state index in [1.54, 1.807) is 36.2 Å². The number of nitrogens with one attached hydrogen (secondary N) is 2. The van der Waals surface area contributed by atoms with Gasteiger partial charge in [0.1, 0.15) is 12.1 Å². The van der Waals surface area contributed by atoms with Gasteiger partial charge in [0.15, 0.2) is 0 Å². The highest BCUT2D eigenvalue weighted by atomic mass is 79.9. The smallest absolute Gasteiger partial charge is 0.261 e. The number of fused-ring (bicyclic) bond motifs is 1. The highest BCUT2D eigenvalue weighted by Gasteiger charge is 2.41. The third-order valence-corrected chi connectivity index (χ3v) is 9.84. The molecule has 2 heterocycles. The molecule has 0 radical (unpaired) electrons. The molecule has 2 aromatic rings. The monoisotopic (exact) mass is 674 g/mol. The van der Waals surface area contributed by atoms with Crippen LogP contribution in [-0.2, 0) is 14.4 Å². The number of nitrogens with zero attached hydrogens (tertiary/aromatic N) is 2. The van der Waals surface area contributed by atoms with Gasteiger partial charge in [-0.1, -0.05) is 89.1 Å². The molecular weight excluding hydrogens is 636 g/mol. The number of benzene rings is 2. The molecule has 2 aliphatic heterocycles. The van der Waals surface area contributed by atoms with Gasteiger partial charge in [0.05, 0.1) is 16.0 Å². The number of alkyl halides is 1. The lowest BCUT2D eigenvalue weighted by molar-refractivity contribution is -0.142. The summed E-state index contributed by atoms with van der Waals surface area (Å²) >= 11 is 3.51. The van der Waals surface area contributed by atoms with Gasteiger partial charge in [0.25, 0.3) is 11.8 Å². The number of hydrogen-bond donors (Lipinski definition) is 2. The topological polar surface area (TPSA) is 116 Å². The molecule has 1 saturated heterocycles. The Labute approximate surface area is 272 Å². The normalized spacial score (nSPS) is 22.5. The van der Waals surface area contributed by atoms with E-state index in [1.807, 2.05) is 42.5 Å². The molecule has 45 heavy (non-hydrogen) atoms. The maximum atomic E-state index is 14.1. The Balaban J connectivity index is 1.24. The molecule has 0 bridgehead atoms. The molecule has 5 atom stereocenters. The van der Waals surface area contributed by atoms with E-state index in [1.165, 1.54) is 4.90 Å². The number of carbonyl (C=O) groups excluding carboxylic acids is 5. The Bertz CT molecular complexity index is 1460. The number of imide groups is 1. The average molecular weight is 676 g/mol. The van der Waals surface area contributed by atoms with Crippen LogP contribution in [0.4, 0.5) is 0 Å². The molecule has 9 nitrogen and oxygen atoms in total. The van der Waals surface area contributed by atoms with Crippen molar-refractivity contribution < 1.29 is 24.0 Å². The highest BCUT2D eigenvalue weighted by Crippen LogP contribution is 2.34. The molecule has 3 aliphatic rings. The van der Waals surface area contributed by atoms with Crippen LogP contribution < -0.4 is 10.6 Å². The van der Waals surface area contributed by atoms with Gasteiger partial charge in [-0.15, -0.1) is 0 Å². The van der Waals surface area contributed by atoms with Gasteiger partial charge in [-0.05, 0) is 61.6 Å². The van der Waals surface area contributed by atoms with E-state index in [-0.39, 0.29) is 47.9 Å². The third-order valence-electron chi connectivity index (χ3n) is 8.97. The van der Waals surface area contributed by atoms with E-state index >= 15 is 0 Å². The molecule has 5 rings (SSSR count). The molecule has 0 spiro atoms. The van der Waals surface area contributed by atoms with Gasteiger partial charge < -0.3 is 15.5 Å². The first-order valence-corrected chi connectivity index (χ1v) is 16.5. The summed E-state index contributed by atoms with van der Waals surface area (Å²) in [5, 5.41) is 5.73. The SMILES string of the molecule is CNC(=O)C(c1ccccc1)N1CC[C@@H](C2C=CC=CC2)C[C@H](NC(=O)C(Br)CCCCN2C(=O)c3ccccc3C2=O)C1=O. The third kappa shape index (κ3) is 7.27. The maximum Gasteiger partial charge on any atom is 0.261 e. The lowest BCUT2D eigenvalue weighted by Crippen LogP contribution is -2.52. The van der Waals surface area contributed by atoms with E-state index in [0.717, 1.165) is 6.42 Å². The minimum atomic E-state index is -0.814. The molecule has 2 aromatic carbocycles. The number of carbonyl (C=O) groups is 5. The number of unbranched alkanes of at least 4 members (excludes halogenated alkanes) is 1. The number of hydrogen-bond acceptors (Lipinski definition) is 5. The van der Waals surface area contributed by atoms with Crippen LogP contribution in [0.5, 0.6) is 0 Å². The van der Waals surface area contributed by atoms with Gasteiger partial charge in [0, 0.05) is 20.1 Å². The molecule has 10 heteroatoms. The van der Waals surface area contributed by atoms with Gasteiger partial charge in [-0.3, -0.25) is 28.9 Å². The summed E-state index contributed by atoms with van der Waals surface area (Å²) in [4.78, 5) is 68.4. The van der Waals surface area contributed by atoms with E-state index < -0.39 is 16.9 Å². The van der Waals surface area contributed by atoms with Gasteiger partial charge >= 0.3 is 0 Å². The van der Waals surface area contributed by atoms with Crippen molar-refractivity contribution in [3.8, 4) is 0 Å². The Morgan fingerprint density at radius 1 is 0.933 bits per heavy atom. The maximum absolute atomic E-state index is 14.1. The highest BCUT2D eigenvalue weighted by molar-refractivity contribution is 9.10. The summed E-state index contributed by atoms with van der Waals surface area (Å²) < 4.78 is 0. The second-order valence-corrected chi connectivity index (χ2v) is 12.9. The molecule has 1 aliphatic carbocycles. The second-order valence-electron chi connectivity index (χ2n) is 11.8. The van der Waals surface area contributed by atoms with Gasteiger partial charge in [-0.25, -0.2) is 0 Å². The predicted octanol–water partition coefficient (Wildman–Crippen LogP) is 4.56. The van der Waals surface area contributed by atoms with Crippen molar-refractivity contribution in [1.29, 1.82) is 0 Å². The van der Waals surface area contributed by atoms with E-state index in [9.17, 15) is 24.0 Å². The van der Waals surface area contributed by atoms with Crippen LogP contribution in [0.15, 0.2) is 78.9 Å². The molecule has 3 unspecified atom stereocenters. The van der Waals surface area contributed by atoms with E-state index in [4.69, 9.17) is 0 Å². The molecular formula is C35H39BrN4O5. The van der Waals surface area contributed by atoms with Crippen LogP contribution >= 0.6 is 15.9 Å². The van der Waals surface area contributed by atoms with Crippen molar-refractivity contribution in [2.45, 2.75) is 55.4 Å². The minimum Gasteiger partial charge on any atom is -0.357 e. The quantitative estimate of drug-likeness (QED) is 0.206. The first-order chi connectivity index (χ1) is 21.8. The van der Waals surface area contributed by atoms with Crippen LogP contribution in [0.25, 0.3) is 0 Å². The van der Waals surface area contributed by atoms with Crippen LogP contribution in [-0.4, -0.2) is 70.3 Å². The summed E-state index contributed by atoms with van der Waals surface area (Å²) in [6, 6.07) is 14.4. The lowest BCUT2D eigenvalue weighted by Gasteiger charge is -2.32. The first kappa shape index (κ1) is 32.3. The van der Waals surface area contributed by atoms with Crippen molar-refractivity contribution in [2.24, 2.45) is 11.8 Å². The molecule has 2 N–H and O–H groups in total. The van der Waals surface area contributed by atoms with Gasteiger partial charge in [0.2, 0.25) is 17.7 Å². The number of likely N-dealkylation sites (tertiary alicyclic amines) is 1. The van der Waals surface area contributed by atoms with Crippen LogP contribution in [0, 0.1) is 11.8 Å². The summed E-state index contributed by atoms with van der Waals surface area (Å²) in [6.45, 7) is 0.668. The van der Waals surface area contributed by atoms with Gasteiger partial charge in [-0.2, -0.15) is 0 Å². The fraction of sp³-hybridized carbons (Fsp3) is 0.400. The Hall–Kier alpha value is -4.05. The van der Waals surface area contributed by atoms with Crippen LogP contribution in [0.3, 0.4) is 0 Å². The fourth-order valence-corrected chi connectivity index (χ4v) is 6.98. The zero-order valence-corrected chi connectivity index (χ0v) is 26.9. The average Bonchev–Trinajstić information content (AvgIpc) is 3.20. The largest absolute Gasteiger partial charge is 0.357 e. The number of amides is 5. The summed E-state index contributed by atoms with van der Waals surface area (Å²) in [6.07, 6.45) is 12.0. The first-order valence-electron chi connectivity index (χ1n) is 15.6. The van der Waals surface area contributed by atoms with E-state index in [2.05, 4.69) is 38.7 Å². The van der Waals surface area contributed by atoms with Crippen LogP contribution in [0.2, 0.25) is 0 Å². The van der Waals surface area contributed by atoms with Crippen molar-refractivity contribution in [3.05, 3.63) is 95.6 Å². The predicted molar refractivity (Wildman–Crippen MR) is 174 cm³/mol. The molecule has 0 aromatic heterocycles. The van der Waals surface area contributed by atoms with Crippen LogP contribution in [0.1, 0.15) is 70.8 Å².